The average Bonchev–Trinajstić information content (AvgIpc) is 1.99. The van der Waals surface area contributed by atoms with Crippen LogP contribution in [-0.4, -0.2) is 11.3 Å². The Hall–Kier alpha value is -1.47. The molecule has 1 aromatic heterocycles. The second kappa shape index (κ2) is 3.59. The topological polar surface area (TPSA) is 22.1 Å². The molecule has 0 aliphatic heterocycles. The smallest absolute Gasteiger partial charge is 0.387 e. The molecule has 0 aliphatic rings. The number of hydrogen-bond donors (Lipinski definition) is 0. The minimum atomic E-state index is -5.20. The summed E-state index contributed by atoms with van der Waals surface area (Å²) in [6, 6.07) is 1.32. The summed E-state index contributed by atoms with van der Waals surface area (Å²) < 4.78 is 74.6. The van der Waals surface area contributed by atoms with Gasteiger partial charge in [0.15, 0.2) is 0 Å². The molecule has 0 aromatic carbocycles. The lowest BCUT2D eigenvalue weighted by Gasteiger charge is -2.13. The zero-order valence-corrected chi connectivity index (χ0v) is 6.86. The van der Waals surface area contributed by atoms with E-state index >= 15 is 0 Å². The molecule has 0 fully saturated rings. The van der Waals surface area contributed by atoms with Gasteiger partial charge in [-0.25, -0.2) is 4.98 Å². The normalized spacial score (nSPS) is 12.7. The summed E-state index contributed by atoms with van der Waals surface area (Å²) in [4.78, 5) is 2.87. The van der Waals surface area contributed by atoms with Gasteiger partial charge in [-0.15, -0.1) is 13.2 Å². The molecule has 0 amide bonds. The molecule has 0 unspecified atom stereocenters. The molecule has 2 nitrogen and oxygen atoms in total. The quantitative estimate of drug-likeness (QED) is 0.693. The van der Waals surface area contributed by atoms with Crippen LogP contribution in [0.15, 0.2) is 18.3 Å². The zero-order valence-electron chi connectivity index (χ0n) is 6.86. The highest BCUT2D eigenvalue weighted by Gasteiger charge is 2.40. The van der Waals surface area contributed by atoms with Crippen molar-refractivity contribution >= 4 is 0 Å². The van der Waals surface area contributed by atoms with Crippen LogP contribution in [0.5, 0.6) is 5.88 Å². The lowest BCUT2D eigenvalue weighted by Crippen LogP contribution is -2.20. The highest BCUT2D eigenvalue weighted by Crippen LogP contribution is 2.36. The Balaban J connectivity index is 3.08. The predicted molar refractivity (Wildman–Crippen MR) is 35.9 cm³/mol. The van der Waals surface area contributed by atoms with E-state index in [-0.39, 0.29) is 0 Å². The van der Waals surface area contributed by atoms with Crippen LogP contribution < -0.4 is 4.74 Å². The van der Waals surface area contributed by atoms with Gasteiger partial charge in [-0.05, 0) is 12.1 Å². The number of ether oxygens (including phenoxy) is 1. The van der Waals surface area contributed by atoms with E-state index in [1.54, 1.807) is 0 Å². The van der Waals surface area contributed by atoms with Crippen LogP contribution in [0.4, 0.5) is 26.3 Å². The molecular formula is C7H3F6NO. The molecule has 8 heteroatoms. The first-order valence-corrected chi connectivity index (χ1v) is 3.48. The number of pyridine rings is 1. The van der Waals surface area contributed by atoms with Crippen molar-refractivity contribution in [3.8, 4) is 5.88 Å². The van der Waals surface area contributed by atoms with Crippen molar-refractivity contribution in [1.82, 2.24) is 4.98 Å². The van der Waals surface area contributed by atoms with Crippen LogP contribution in [0.25, 0.3) is 0 Å². The van der Waals surface area contributed by atoms with Crippen LogP contribution in [0.1, 0.15) is 5.56 Å². The minimum absolute atomic E-state index is 0.452. The van der Waals surface area contributed by atoms with Gasteiger partial charge < -0.3 is 4.74 Å². The van der Waals surface area contributed by atoms with Gasteiger partial charge in [0.2, 0.25) is 5.88 Å². The summed E-state index contributed by atoms with van der Waals surface area (Å²) in [5.74, 6) is -1.50. The number of aromatic nitrogens is 1. The highest BCUT2D eigenvalue weighted by molar-refractivity contribution is 5.28. The molecule has 1 heterocycles. The molecular weight excluding hydrogens is 228 g/mol. The molecule has 0 saturated heterocycles. The molecule has 0 spiro atoms. The van der Waals surface area contributed by atoms with E-state index in [9.17, 15) is 26.3 Å². The van der Waals surface area contributed by atoms with E-state index in [0.717, 1.165) is 12.3 Å². The molecule has 0 N–H and O–H groups in total. The molecule has 1 aromatic rings. The lowest BCUT2D eigenvalue weighted by atomic mass is 10.2. The van der Waals surface area contributed by atoms with Crippen molar-refractivity contribution in [3.05, 3.63) is 23.9 Å². The van der Waals surface area contributed by atoms with Crippen molar-refractivity contribution in [1.29, 1.82) is 0 Å². The van der Waals surface area contributed by atoms with E-state index in [1.165, 1.54) is 0 Å². The van der Waals surface area contributed by atoms with E-state index in [0.29, 0.717) is 6.07 Å². The van der Waals surface area contributed by atoms with Crippen LogP contribution in [-0.2, 0) is 6.18 Å². The number of nitrogens with zero attached hydrogens (tertiary/aromatic N) is 1. The monoisotopic (exact) mass is 231 g/mol. The second-order valence-corrected chi connectivity index (χ2v) is 2.40. The van der Waals surface area contributed by atoms with Crippen molar-refractivity contribution < 1.29 is 31.1 Å². The number of rotatable bonds is 1. The third kappa shape index (κ3) is 3.30. The predicted octanol–water partition coefficient (Wildman–Crippen LogP) is 3.00. The molecule has 0 aliphatic carbocycles. The van der Waals surface area contributed by atoms with Crippen molar-refractivity contribution in [2.75, 3.05) is 0 Å². The minimum Gasteiger partial charge on any atom is -0.387 e. The van der Waals surface area contributed by atoms with Crippen LogP contribution in [0.3, 0.4) is 0 Å². The summed E-state index contributed by atoms with van der Waals surface area (Å²) in [6.45, 7) is 0. The van der Waals surface area contributed by atoms with Gasteiger partial charge in [-0.2, -0.15) is 13.2 Å². The lowest BCUT2D eigenvalue weighted by molar-refractivity contribution is -0.277. The fourth-order valence-electron chi connectivity index (χ4n) is 0.798. The average molecular weight is 231 g/mol. The maximum atomic E-state index is 12.1. The molecule has 1 rings (SSSR count). The van der Waals surface area contributed by atoms with Crippen molar-refractivity contribution in [2.45, 2.75) is 12.5 Å². The first-order valence-electron chi connectivity index (χ1n) is 3.48. The van der Waals surface area contributed by atoms with Gasteiger partial charge >= 0.3 is 12.5 Å². The number of halogens is 6. The van der Waals surface area contributed by atoms with Gasteiger partial charge in [0.1, 0.15) is 5.56 Å². The van der Waals surface area contributed by atoms with Crippen LogP contribution >= 0.6 is 0 Å². The summed E-state index contributed by atoms with van der Waals surface area (Å²) in [5, 5.41) is 0. The maximum absolute atomic E-state index is 12.1. The van der Waals surface area contributed by atoms with Crippen molar-refractivity contribution in [2.24, 2.45) is 0 Å². The Morgan fingerprint density at radius 1 is 1.07 bits per heavy atom. The van der Waals surface area contributed by atoms with E-state index < -0.39 is 24.0 Å². The van der Waals surface area contributed by atoms with Crippen molar-refractivity contribution in [3.63, 3.8) is 0 Å². The van der Waals surface area contributed by atoms with Crippen LogP contribution in [0.2, 0.25) is 0 Å². The summed E-state index contributed by atoms with van der Waals surface area (Å²) in [6.07, 6.45) is -9.36. The third-order valence-electron chi connectivity index (χ3n) is 1.29. The SMILES string of the molecule is FC(F)(F)Oc1ncccc1C(F)(F)F. The Morgan fingerprint density at radius 2 is 1.67 bits per heavy atom. The van der Waals surface area contributed by atoms with Gasteiger partial charge in [0, 0.05) is 6.20 Å². The molecule has 0 saturated carbocycles. The first-order chi connectivity index (χ1) is 6.70. The van der Waals surface area contributed by atoms with Gasteiger partial charge in [0.05, 0.1) is 0 Å². The molecule has 84 valence electrons. The third-order valence-corrected chi connectivity index (χ3v) is 1.29. The standard InChI is InChI=1S/C7H3F6NO/c8-6(9,10)4-2-1-3-14-5(4)15-7(11,12)13/h1-3H. The van der Waals surface area contributed by atoms with E-state index in [2.05, 4.69) is 9.72 Å². The van der Waals surface area contributed by atoms with Gasteiger partial charge in [0.25, 0.3) is 0 Å². The Kier molecular flexibility index (Phi) is 2.78. The Labute approximate surface area is 79.5 Å². The van der Waals surface area contributed by atoms with E-state index in [1.807, 2.05) is 0 Å². The molecule has 15 heavy (non-hydrogen) atoms. The van der Waals surface area contributed by atoms with Gasteiger partial charge in [-0.3, -0.25) is 0 Å². The molecule has 0 atom stereocenters. The first kappa shape index (κ1) is 11.6. The summed E-state index contributed by atoms with van der Waals surface area (Å²) in [5.41, 5.74) is -1.57. The Morgan fingerprint density at radius 3 is 2.13 bits per heavy atom. The number of alkyl halides is 6. The highest BCUT2D eigenvalue weighted by atomic mass is 19.4. The van der Waals surface area contributed by atoms with E-state index in [4.69, 9.17) is 0 Å². The fraction of sp³-hybridized carbons (Fsp3) is 0.286. The molecule has 0 radical (unpaired) electrons. The summed E-state index contributed by atoms with van der Waals surface area (Å²) >= 11 is 0. The Bertz CT molecular complexity index is 344. The largest absolute Gasteiger partial charge is 0.574 e. The van der Waals surface area contributed by atoms with Crippen LogP contribution in [0, 0.1) is 0 Å². The number of hydrogen-bond acceptors (Lipinski definition) is 2. The van der Waals surface area contributed by atoms with Gasteiger partial charge in [-0.1, -0.05) is 0 Å². The fourth-order valence-corrected chi connectivity index (χ4v) is 0.798. The second-order valence-electron chi connectivity index (χ2n) is 2.40. The summed E-state index contributed by atoms with van der Waals surface area (Å²) in [7, 11) is 0. The maximum Gasteiger partial charge on any atom is 0.574 e. The zero-order chi connectivity index (χ0) is 11.7. The molecule has 0 bridgehead atoms.